The highest BCUT2D eigenvalue weighted by Crippen LogP contribution is 2.33. The summed E-state index contributed by atoms with van der Waals surface area (Å²) < 4.78 is 0. The van der Waals surface area contributed by atoms with Crippen LogP contribution in [0.25, 0.3) is 0 Å². The molecule has 0 aliphatic carbocycles. The van der Waals surface area contributed by atoms with Crippen molar-refractivity contribution in [3.63, 3.8) is 0 Å². The van der Waals surface area contributed by atoms with Gasteiger partial charge in [0.1, 0.15) is 0 Å². The summed E-state index contributed by atoms with van der Waals surface area (Å²) in [6.07, 6.45) is 0. The van der Waals surface area contributed by atoms with Gasteiger partial charge in [-0.25, -0.2) is 0 Å². The average molecular weight is 125 g/mol. The van der Waals surface area contributed by atoms with Crippen molar-refractivity contribution in [1.82, 2.24) is 0 Å². The maximum absolute atomic E-state index is 5.51. The average Bonchev–Trinajstić information content (AvgIpc) is 1.35. The van der Waals surface area contributed by atoms with Crippen LogP contribution in [0.2, 0.25) is 0 Å². The number of hydrogen-bond donors (Lipinski definition) is 0. The van der Waals surface area contributed by atoms with Crippen molar-refractivity contribution in [1.29, 1.82) is 0 Å². The maximum atomic E-state index is 5.51. The molecule has 0 aromatic rings. The summed E-state index contributed by atoms with van der Waals surface area (Å²) in [6, 6.07) is 0. The Labute approximate surface area is 45.8 Å². The molecule has 0 rings (SSSR count). The van der Waals surface area contributed by atoms with Gasteiger partial charge in [0.2, 0.25) is 0 Å². The molecule has 0 amide bonds. The van der Waals surface area contributed by atoms with Crippen molar-refractivity contribution >= 4 is 19.2 Å². The minimum Gasteiger partial charge on any atom is -0.0995 e. The molecule has 0 saturated carbocycles. The number of hydrogen-bond acceptors (Lipinski definition) is 0. The zero-order valence-corrected chi connectivity index (χ0v) is 6.13. The Kier molecular flexibility index (Phi) is 2.39. The normalized spacial score (nSPS) is 14.0. The molecular formula is C4H10ClP. The molecule has 0 N–H and O–H groups in total. The van der Waals surface area contributed by atoms with Crippen molar-refractivity contribution in [2.24, 2.45) is 0 Å². The van der Waals surface area contributed by atoms with Crippen LogP contribution in [0.15, 0.2) is 0 Å². The fourth-order valence-electron chi connectivity index (χ4n) is 0. The van der Waals surface area contributed by atoms with Crippen molar-refractivity contribution in [3.8, 4) is 0 Å². The topological polar surface area (TPSA) is 0 Å². The molecular weight excluding hydrogens is 114 g/mol. The lowest BCUT2D eigenvalue weighted by molar-refractivity contribution is 0.802. The summed E-state index contributed by atoms with van der Waals surface area (Å²) in [4.78, 5) is 0. The lowest BCUT2D eigenvalue weighted by Gasteiger charge is -2.10. The molecule has 1 unspecified atom stereocenters. The fourth-order valence-corrected chi connectivity index (χ4v) is 0. The summed E-state index contributed by atoms with van der Waals surface area (Å²) in [7, 11) is 0.539. The Morgan fingerprint density at radius 1 is 1.33 bits per heavy atom. The van der Waals surface area contributed by atoms with E-state index in [1.807, 2.05) is 0 Å². The summed E-state index contributed by atoms with van der Waals surface area (Å²) in [5, 5.41) is 0.335. The number of rotatable bonds is 0. The van der Waals surface area contributed by atoms with Gasteiger partial charge in [-0.15, -0.1) is 0 Å². The second-order valence-electron chi connectivity index (χ2n) is 2.34. The third-order valence-electron chi connectivity index (χ3n) is 0.283. The first kappa shape index (κ1) is 6.72. The molecule has 0 bridgehead atoms. The van der Waals surface area contributed by atoms with Gasteiger partial charge in [-0.2, -0.15) is 0 Å². The van der Waals surface area contributed by atoms with Gasteiger partial charge in [-0.3, -0.25) is 0 Å². The van der Waals surface area contributed by atoms with Crippen LogP contribution in [-0.2, 0) is 0 Å². The van der Waals surface area contributed by atoms with E-state index in [1.165, 1.54) is 0 Å². The zero-order valence-electron chi connectivity index (χ0n) is 4.38. The Morgan fingerprint density at radius 3 is 1.50 bits per heavy atom. The molecule has 0 saturated heterocycles. The second-order valence-corrected chi connectivity index (χ2v) is 4.60. The second kappa shape index (κ2) is 2.14. The van der Waals surface area contributed by atoms with Gasteiger partial charge in [-0.1, -0.05) is 32.0 Å². The predicted octanol–water partition coefficient (Wildman–Crippen LogP) is 2.62. The predicted molar refractivity (Wildman–Crippen MR) is 33.9 cm³/mol. The first-order chi connectivity index (χ1) is 2.56. The third-order valence-corrected chi connectivity index (χ3v) is 2.55. The molecule has 38 valence electrons. The Hall–Kier alpha value is 0.720. The van der Waals surface area contributed by atoms with Gasteiger partial charge in [-0.05, 0) is 13.1 Å². The molecule has 6 heavy (non-hydrogen) atoms. The fraction of sp³-hybridized carbons (Fsp3) is 1.00. The van der Waals surface area contributed by atoms with Crippen LogP contribution in [0.3, 0.4) is 0 Å². The molecule has 0 spiro atoms. The Bertz CT molecular complexity index is 37.3. The van der Waals surface area contributed by atoms with Crippen LogP contribution in [0, 0.1) is 0 Å². The first-order valence-corrected chi connectivity index (χ1v) is 3.95. The lowest BCUT2D eigenvalue weighted by Crippen LogP contribution is -2.00. The van der Waals surface area contributed by atoms with E-state index in [0.29, 0.717) is 13.1 Å². The lowest BCUT2D eigenvalue weighted by atomic mass is 10.3. The highest BCUT2D eigenvalue weighted by molar-refractivity contribution is 7.69. The SMILES string of the molecule is CC(C)(C)PCl. The summed E-state index contributed by atoms with van der Waals surface area (Å²) in [5.41, 5.74) is 0. The zero-order chi connectivity index (χ0) is 5.21. The molecule has 2 heteroatoms. The quantitative estimate of drug-likeness (QED) is 0.436. The molecule has 0 aliphatic heterocycles. The van der Waals surface area contributed by atoms with Crippen LogP contribution in [0.4, 0.5) is 0 Å². The highest BCUT2D eigenvalue weighted by Gasteiger charge is 2.05. The van der Waals surface area contributed by atoms with E-state index in [9.17, 15) is 0 Å². The van der Waals surface area contributed by atoms with Gasteiger partial charge < -0.3 is 0 Å². The molecule has 0 heterocycles. The summed E-state index contributed by atoms with van der Waals surface area (Å²) in [5.74, 6) is 0. The smallest absolute Gasteiger partial charge is 0.00683 e. The largest absolute Gasteiger partial charge is 0.0995 e. The monoisotopic (exact) mass is 124 g/mol. The summed E-state index contributed by atoms with van der Waals surface area (Å²) in [6.45, 7) is 6.37. The van der Waals surface area contributed by atoms with Crippen molar-refractivity contribution in [2.45, 2.75) is 25.9 Å². The summed E-state index contributed by atoms with van der Waals surface area (Å²) >= 11 is 5.51. The van der Waals surface area contributed by atoms with Crippen LogP contribution < -0.4 is 0 Å². The van der Waals surface area contributed by atoms with Crippen LogP contribution in [0.5, 0.6) is 0 Å². The third kappa shape index (κ3) is 4.72. The van der Waals surface area contributed by atoms with Crippen LogP contribution in [0.1, 0.15) is 20.8 Å². The highest BCUT2D eigenvalue weighted by atomic mass is 35.7. The van der Waals surface area contributed by atoms with Crippen LogP contribution in [-0.4, -0.2) is 5.16 Å². The molecule has 0 aromatic carbocycles. The Morgan fingerprint density at radius 2 is 1.50 bits per heavy atom. The molecule has 0 nitrogen and oxygen atoms in total. The molecule has 1 atom stereocenters. The van der Waals surface area contributed by atoms with Crippen LogP contribution >= 0.6 is 19.2 Å². The van der Waals surface area contributed by atoms with Gasteiger partial charge in [0.05, 0.1) is 0 Å². The van der Waals surface area contributed by atoms with E-state index in [2.05, 4.69) is 20.8 Å². The minimum atomic E-state index is 0.335. The Balaban J connectivity index is 3.17. The van der Waals surface area contributed by atoms with Gasteiger partial charge in [0.15, 0.2) is 0 Å². The molecule has 0 aliphatic rings. The van der Waals surface area contributed by atoms with Crippen molar-refractivity contribution in [3.05, 3.63) is 0 Å². The van der Waals surface area contributed by atoms with E-state index in [-0.39, 0.29) is 0 Å². The van der Waals surface area contributed by atoms with Gasteiger partial charge >= 0.3 is 0 Å². The minimum absolute atomic E-state index is 0.335. The van der Waals surface area contributed by atoms with E-state index >= 15 is 0 Å². The number of halogens is 1. The van der Waals surface area contributed by atoms with Crippen molar-refractivity contribution in [2.75, 3.05) is 0 Å². The molecule has 0 fully saturated rings. The molecule has 0 radical (unpaired) electrons. The first-order valence-electron chi connectivity index (χ1n) is 1.94. The van der Waals surface area contributed by atoms with E-state index in [1.54, 1.807) is 0 Å². The maximum Gasteiger partial charge on any atom is -0.00683 e. The van der Waals surface area contributed by atoms with E-state index in [4.69, 9.17) is 11.2 Å². The molecule has 0 aromatic heterocycles. The van der Waals surface area contributed by atoms with E-state index in [0.717, 1.165) is 0 Å². The van der Waals surface area contributed by atoms with Crippen molar-refractivity contribution < 1.29 is 0 Å². The van der Waals surface area contributed by atoms with Gasteiger partial charge in [0, 0.05) is 0 Å². The van der Waals surface area contributed by atoms with Gasteiger partial charge in [0.25, 0.3) is 0 Å². The standard InChI is InChI=1S/C4H10ClP/c1-4(2,3)6-5/h6H,1-3H3. The van der Waals surface area contributed by atoms with E-state index < -0.39 is 0 Å².